The van der Waals surface area contributed by atoms with Crippen LogP contribution in [0.1, 0.15) is 15.9 Å². The van der Waals surface area contributed by atoms with E-state index in [1.165, 1.54) is 0 Å². The van der Waals surface area contributed by atoms with Gasteiger partial charge < -0.3 is 15.4 Å². The molecule has 0 saturated carbocycles. The van der Waals surface area contributed by atoms with Gasteiger partial charge in [0.25, 0.3) is 5.91 Å². The summed E-state index contributed by atoms with van der Waals surface area (Å²) in [5, 5.41) is 5.70. The molecule has 0 aliphatic rings. The molecule has 3 aromatic carbocycles. The lowest BCUT2D eigenvalue weighted by Gasteiger charge is -2.19. The molecule has 0 saturated heterocycles. The molecule has 0 aromatic heterocycles. The van der Waals surface area contributed by atoms with E-state index < -0.39 is 6.04 Å². The Kier molecular flexibility index (Phi) is 7.41. The highest BCUT2D eigenvalue weighted by Crippen LogP contribution is 2.08. The first-order valence-corrected chi connectivity index (χ1v) is 9.58. The van der Waals surface area contributed by atoms with Crippen molar-refractivity contribution in [1.82, 2.24) is 10.6 Å². The van der Waals surface area contributed by atoms with Crippen molar-refractivity contribution in [2.75, 3.05) is 13.2 Å². The van der Waals surface area contributed by atoms with Crippen LogP contribution in [-0.4, -0.2) is 31.0 Å². The lowest BCUT2D eigenvalue weighted by Crippen LogP contribution is -2.48. The lowest BCUT2D eigenvalue weighted by molar-refractivity contribution is -0.123. The van der Waals surface area contributed by atoms with E-state index in [1.54, 1.807) is 24.3 Å². The molecule has 0 fully saturated rings. The SMILES string of the molecule is O=C(NC(Cc1ccccc1)C(=O)NCCOc1ccccc1)c1ccccc1. The first-order chi connectivity index (χ1) is 14.2. The van der Waals surface area contributed by atoms with E-state index in [9.17, 15) is 9.59 Å². The largest absolute Gasteiger partial charge is 0.492 e. The molecule has 2 N–H and O–H groups in total. The normalized spacial score (nSPS) is 11.3. The van der Waals surface area contributed by atoms with E-state index >= 15 is 0 Å². The fourth-order valence-corrected chi connectivity index (χ4v) is 2.87. The highest BCUT2D eigenvalue weighted by molar-refractivity contribution is 5.97. The van der Waals surface area contributed by atoms with Gasteiger partial charge in [0.15, 0.2) is 0 Å². The van der Waals surface area contributed by atoms with Crippen LogP contribution in [0, 0.1) is 0 Å². The Morgan fingerprint density at radius 1 is 0.793 bits per heavy atom. The average Bonchev–Trinajstić information content (AvgIpc) is 2.78. The second kappa shape index (κ2) is 10.7. The third-order valence-corrected chi connectivity index (χ3v) is 4.35. The second-order valence-corrected chi connectivity index (χ2v) is 6.53. The number of hydrogen-bond acceptors (Lipinski definition) is 3. The Hall–Kier alpha value is -3.60. The van der Waals surface area contributed by atoms with Gasteiger partial charge in [0, 0.05) is 12.0 Å². The maximum Gasteiger partial charge on any atom is 0.251 e. The van der Waals surface area contributed by atoms with Crippen molar-refractivity contribution in [2.24, 2.45) is 0 Å². The summed E-state index contributed by atoms with van der Waals surface area (Å²) >= 11 is 0. The lowest BCUT2D eigenvalue weighted by atomic mass is 10.0. The van der Waals surface area contributed by atoms with Crippen LogP contribution in [0.4, 0.5) is 0 Å². The van der Waals surface area contributed by atoms with E-state index in [-0.39, 0.29) is 11.8 Å². The van der Waals surface area contributed by atoms with E-state index in [0.717, 1.165) is 11.3 Å². The summed E-state index contributed by atoms with van der Waals surface area (Å²) in [6.45, 7) is 0.695. The molecule has 0 radical (unpaired) electrons. The minimum absolute atomic E-state index is 0.241. The van der Waals surface area contributed by atoms with Crippen LogP contribution in [0.15, 0.2) is 91.0 Å². The third kappa shape index (κ3) is 6.50. The fraction of sp³-hybridized carbons (Fsp3) is 0.167. The molecule has 5 nitrogen and oxygen atoms in total. The summed E-state index contributed by atoms with van der Waals surface area (Å²) in [7, 11) is 0. The number of nitrogens with one attached hydrogen (secondary N) is 2. The zero-order chi connectivity index (χ0) is 20.3. The molecular formula is C24H24N2O3. The van der Waals surface area contributed by atoms with Gasteiger partial charge in [-0.15, -0.1) is 0 Å². The van der Waals surface area contributed by atoms with Gasteiger partial charge in [-0.05, 0) is 29.8 Å². The second-order valence-electron chi connectivity index (χ2n) is 6.53. The smallest absolute Gasteiger partial charge is 0.251 e. The summed E-state index contributed by atoms with van der Waals surface area (Å²) in [5.74, 6) is 0.233. The summed E-state index contributed by atoms with van der Waals surface area (Å²) in [6.07, 6.45) is 0.408. The number of benzene rings is 3. The molecule has 5 heteroatoms. The van der Waals surface area contributed by atoms with Crippen molar-refractivity contribution in [3.8, 4) is 5.75 Å². The Balaban J connectivity index is 1.58. The Morgan fingerprint density at radius 3 is 2.03 bits per heavy atom. The fourth-order valence-electron chi connectivity index (χ4n) is 2.87. The van der Waals surface area contributed by atoms with Gasteiger partial charge in [-0.3, -0.25) is 9.59 Å². The zero-order valence-corrected chi connectivity index (χ0v) is 16.1. The minimum atomic E-state index is -0.679. The number of ether oxygens (including phenoxy) is 1. The molecule has 0 heterocycles. The van der Waals surface area contributed by atoms with Crippen molar-refractivity contribution in [2.45, 2.75) is 12.5 Å². The minimum Gasteiger partial charge on any atom is -0.492 e. The third-order valence-electron chi connectivity index (χ3n) is 4.35. The Bertz CT molecular complexity index is 899. The van der Waals surface area contributed by atoms with Crippen molar-refractivity contribution in [3.63, 3.8) is 0 Å². The highest BCUT2D eigenvalue weighted by atomic mass is 16.5. The van der Waals surface area contributed by atoms with Crippen molar-refractivity contribution in [1.29, 1.82) is 0 Å². The van der Waals surface area contributed by atoms with E-state index in [4.69, 9.17) is 4.74 Å². The first kappa shape index (κ1) is 20.1. The van der Waals surface area contributed by atoms with Crippen LogP contribution < -0.4 is 15.4 Å². The summed E-state index contributed by atoms with van der Waals surface area (Å²) in [5.41, 5.74) is 1.49. The standard InChI is InChI=1S/C24H24N2O3/c27-23(20-12-6-2-7-13-20)26-22(18-19-10-4-1-5-11-19)24(28)25-16-17-29-21-14-8-3-9-15-21/h1-15,22H,16-18H2,(H,25,28)(H,26,27). The number of carbonyl (C=O) groups excluding carboxylic acids is 2. The monoisotopic (exact) mass is 388 g/mol. The van der Waals surface area contributed by atoms with Gasteiger partial charge in [0.05, 0.1) is 6.54 Å². The van der Waals surface area contributed by atoms with E-state index in [2.05, 4.69) is 10.6 Å². The summed E-state index contributed by atoms with van der Waals surface area (Å²) in [6, 6.07) is 27.2. The quantitative estimate of drug-likeness (QED) is 0.553. The maximum absolute atomic E-state index is 12.7. The molecular weight excluding hydrogens is 364 g/mol. The topological polar surface area (TPSA) is 67.4 Å². The van der Waals surface area contributed by atoms with Crippen LogP contribution in [0.2, 0.25) is 0 Å². The molecule has 29 heavy (non-hydrogen) atoms. The predicted molar refractivity (Wildman–Crippen MR) is 113 cm³/mol. The molecule has 1 unspecified atom stereocenters. The molecule has 1 atom stereocenters. The van der Waals surface area contributed by atoms with Gasteiger partial charge in [-0.1, -0.05) is 66.7 Å². The summed E-state index contributed by atoms with van der Waals surface area (Å²) < 4.78 is 5.60. The predicted octanol–water partition coefficient (Wildman–Crippen LogP) is 3.22. The van der Waals surface area contributed by atoms with Crippen LogP contribution in [0.5, 0.6) is 5.75 Å². The average molecular weight is 388 g/mol. The molecule has 148 valence electrons. The van der Waals surface area contributed by atoms with Gasteiger partial charge >= 0.3 is 0 Å². The number of para-hydroxylation sites is 1. The van der Waals surface area contributed by atoms with Crippen LogP contribution >= 0.6 is 0 Å². The summed E-state index contributed by atoms with van der Waals surface area (Å²) in [4.78, 5) is 25.3. The zero-order valence-electron chi connectivity index (χ0n) is 16.1. The van der Waals surface area contributed by atoms with E-state index in [1.807, 2.05) is 66.7 Å². The van der Waals surface area contributed by atoms with Gasteiger partial charge in [-0.2, -0.15) is 0 Å². The van der Waals surface area contributed by atoms with Gasteiger partial charge in [0.2, 0.25) is 5.91 Å². The maximum atomic E-state index is 12.7. The first-order valence-electron chi connectivity index (χ1n) is 9.58. The number of amides is 2. The van der Waals surface area contributed by atoms with Gasteiger partial charge in [0.1, 0.15) is 18.4 Å². The van der Waals surface area contributed by atoms with Crippen LogP contribution in [0.3, 0.4) is 0 Å². The van der Waals surface area contributed by atoms with Crippen molar-refractivity contribution in [3.05, 3.63) is 102 Å². The number of rotatable bonds is 9. The number of carbonyl (C=O) groups is 2. The highest BCUT2D eigenvalue weighted by Gasteiger charge is 2.21. The molecule has 2 amide bonds. The molecule has 0 spiro atoms. The molecule has 0 aliphatic carbocycles. The molecule has 0 bridgehead atoms. The van der Waals surface area contributed by atoms with Gasteiger partial charge in [-0.25, -0.2) is 0 Å². The number of hydrogen-bond donors (Lipinski definition) is 2. The van der Waals surface area contributed by atoms with Crippen LogP contribution in [0.25, 0.3) is 0 Å². The van der Waals surface area contributed by atoms with Crippen molar-refractivity contribution >= 4 is 11.8 Å². The van der Waals surface area contributed by atoms with Crippen LogP contribution in [-0.2, 0) is 11.2 Å². The Labute approximate surface area is 170 Å². The Morgan fingerprint density at radius 2 is 1.38 bits per heavy atom. The molecule has 0 aliphatic heterocycles. The molecule has 3 aromatic rings. The molecule has 3 rings (SSSR count). The van der Waals surface area contributed by atoms with E-state index in [0.29, 0.717) is 25.1 Å². The van der Waals surface area contributed by atoms with Crippen molar-refractivity contribution < 1.29 is 14.3 Å².